The molecular formula is C15H16N2OS. The Hall–Kier alpha value is -1.81. The molecule has 0 bridgehead atoms. The van der Waals surface area contributed by atoms with E-state index < -0.39 is 0 Å². The van der Waals surface area contributed by atoms with E-state index in [2.05, 4.69) is 6.92 Å². The Balaban J connectivity index is 1.98. The molecule has 98 valence electrons. The SMILES string of the molecule is CCc1ccsc1C(=O)N1CCc2c(N)cccc21. The lowest BCUT2D eigenvalue weighted by atomic mass is 10.1. The van der Waals surface area contributed by atoms with Crippen molar-refractivity contribution in [3.63, 3.8) is 0 Å². The zero-order valence-electron chi connectivity index (χ0n) is 10.8. The Morgan fingerprint density at radius 1 is 1.42 bits per heavy atom. The van der Waals surface area contributed by atoms with Gasteiger partial charge in [-0.1, -0.05) is 13.0 Å². The van der Waals surface area contributed by atoms with Crippen LogP contribution in [0.15, 0.2) is 29.6 Å². The highest BCUT2D eigenvalue weighted by Gasteiger charge is 2.28. The molecule has 1 aromatic heterocycles. The van der Waals surface area contributed by atoms with Crippen molar-refractivity contribution >= 4 is 28.6 Å². The first-order valence-corrected chi connectivity index (χ1v) is 7.36. The highest BCUT2D eigenvalue weighted by molar-refractivity contribution is 7.12. The van der Waals surface area contributed by atoms with Gasteiger partial charge in [0, 0.05) is 23.5 Å². The van der Waals surface area contributed by atoms with E-state index in [-0.39, 0.29) is 5.91 Å². The summed E-state index contributed by atoms with van der Waals surface area (Å²) < 4.78 is 0. The molecule has 0 saturated heterocycles. The van der Waals surface area contributed by atoms with Crippen molar-refractivity contribution in [2.24, 2.45) is 0 Å². The number of fused-ring (bicyclic) bond motifs is 1. The topological polar surface area (TPSA) is 46.3 Å². The van der Waals surface area contributed by atoms with Gasteiger partial charge in [0.1, 0.15) is 0 Å². The van der Waals surface area contributed by atoms with Crippen LogP contribution in [0.4, 0.5) is 11.4 Å². The van der Waals surface area contributed by atoms with Crippen molar-refractivity contribution in [2.45, 2.75) is 19.8 Å². The molecule has 1 aliphatic heterocycles. The highest BCUT2D eigenvalue weighted by atomic mass is 32.1. The van der Waals surface area contributed by atoms with Gasteiger partial charge in [-0.3, -0.25) is 4.79 Å². The lowest BCUT2D eigenvalue weighted by Crippen LogP contribution is -2.28. The molecule has 19 heavy (non-hydrogen) atoms. The fourth-order valence-corrected chi connectivity index (χ4v) is 3.54. The summed E-state index contributed by atoms with van der Waals surface area (Å²) in [6, 6.07) is 7.83. The predicted octanol–water partition coefficient (Wildman–Crippen LogP) is 3.10. The zero-order chi connectivity index (χ0) is 13.4. The normalized spacial score (nSPS) is 13.6. The van der Waals surface area contributed by atoms with Crippen LogP contribution in [0.2, 0.25) is 0 Å². The van der Waals surface area contributed by atoms with Crippen molar-refractivity contribution in [3.05, 3.63) is 45.6 Å². The Kier molecular flexibility index (Phi) is 3.03. The van der Waals surface area contributed by atoms with Gasteiger partial charge in [0.15, 0.2) is 0 Å². The van der Waals surface area contributed by atoms with Gasteiger partial charge >= 0.3 is 0 Å². The minimum Gasteiger partial charge on any atom is -0.398 e. The van der Waals surface area contributed by atoms with E-state index in [1.807, 2.05) is 34.5 Å². The van der Waals surface area contributed by atoms with Gasteiger partial charge in [0.05, 0.1) is 4.88 Å². The maximum atomic E-state index is 12.7. The number of rotatable bonds is 2. The molecule has 0 spiro atoms. The third kappa shape index (κ3) is 1.92. The van der Waals surface area contributed by atoms with E-state index in [0.29, 0.717) is 0 Å². The van der Waals surface area contributed by atoms with Gasteiger partial charge in [-0.25, -0.2) is 0 Å². The summed E-state index contributed by atoms with van der Waals surface area (Å²) in [7, 11) is 0. The average molecular weight is 272 g/mol. The van der Waals surface area contributed by atoms with Crippen molar-refractivity contribution in [2.75, 3.05) is 17.2 Å². The van der Waals surface area contributed by atoms with Crippen LogP contribution in [0.3, 0.4) is 0 Å². The maximum absolute atomic E-state index is 12.7. The Morgan fingerprint density at radius 2 is 2.26 bits per heavy atom. The summed E-state index contributed by atoms with van der Waals surface area (Å²) in [6.07, 6.45) is 1.74. The fourth-order valence-electron chi connectivity index (χ4n) is 2.60. The number of carbonyl (C=O) groups is 1. The Morgan fingerprint density at radius 3 is 3.05 bits per heavy atom. The van der Waals surface area contributed by atoms with Crippen LogP contribution < -0.4 is 10.6 Å². The van der Waals surface area contributed by atoms with E-state index in [1.165, 1.54) is 11.3 Å². The average Bonchev–Trinajstić information content (AvgIpc) is 3.05. The third-order valence-electron chi connectivity index (χ3n) is 3.63. The van der Waals surface area contributed by atoms with Gasteiger partial charge in [-0.15, -0.1) is 11.3 Å². The van der Waals surface area contributed by atoms with Gasteiger partial charge in [-0.05, 0) is 42.0 Å². The number of nitrogens with zero attached hydrogens (tertiary/aromatic N) is 1. The van der Waals surface area contributed by atoms with E-state index in [1.54, 1.807) is 0 Å². The summed E-state index contributed by atoms with van der Waals surface area (Å²) in [4.78, 5) is 15.4. The second kappa shape index (κ2) is 4.70. The van der Waals surface area contributed by atoms with E-state index >= 15 is 0 Å². The number of nitrogens with two attached hydrogens (primary N) is 1. The van der Waals surface area contributed by atoms with E-state index in [9.17, 15) is 4.79 Å². The van der Waals surface area contributed by atoms with Crippen molar-refractivity contribution < 1.29 is 4.79 Å². The number of hydrogen-bond acceptors (Lipinski definition) is 3. The van der Waals surface area contributed by atoms with Crippen LogP contribution >= 0.6 is 11.3 Å². The van der Waals surface area contributed by atoms with Gasteiger partial charge in [0.25, 0.3) is 5.91 Å². The number of amides is 1. The van der Waals surface area contributed by atoms with E-state index in [4.69, 9.17) is 5.73 Å². The summed E-state index contributed by atoms with van der Waals surface area (Å²) >= 11 is 1.53. The van der Waals surface area contributed by atoms with Crippen molar-refractivity contribution in [1.82, 2.24) is 0 Å². The zero-order valence-corrected chi connectivity index (χ0v) is 11.7. The number of carbonyl (C=O) groups excluding carboxylic acids is 1. The van der Waals surface area contributed by atoms with Crippen LogP contribution in [0.1, 0.15) is 27.7 Å². The molecule has 0 unspecified atom stereocenters. The van der Waals surface area contributed by atoms with Crippen molar-refractivity contribution in [1.29, 1.82) is 0 Å². The molecule has 0 fully saturated rings. The Bertz CT molecular complexity index is 633. The standard InChI is InChI=1S/C15H16N2OS/c1-2-10-7-9-19-14(10)15(18)17-8-6-11-12(16)4-3-5-13(11)17/h3-5,7,9H,2,6,8,16H2,1H3. The van der Waals surface area contributed by atoms with Crippen LogP contribution in [-0.2, 0) is 12.8 Å². The summed E-state index contributed by atoms with van der Waals surface area (Å²) in [5.74, 6) is 0.108. The molecule has 2 heterocycles. The number of benzene rings is 1. The minimum atomic E-state index is 0.108. The first kappa shape index (κ1) is 12.2. The smallest absolute Gasteiger partial charge is 0.268 e. The molecule has 1 aliphatic rings. The number of aryl methyl sites for hydroxylation is 1. The first-order valence-electron chi connectivity index (χ1n) is 6.48. The molecule has 2 aromatic rings. The molecule has 1 amide bonds. The quantitative estimate of drug-likeness (QED) is 0.854. The number of anilines is 2. The molecule has 3 rings (SSSR count). The highest BCUT2D eigenvalue weighted by Crippen LogP contribution is 2.34. The number of nitrogen functional groups attached to an aromatic ring is 1. The van der Waals surface area contributed by atoms with Gasteiger partial charge in [0.2, 0.25) is 0 Å². The Labute approximate surface area is 116 Å². The second-order valence-corrected chi connectivity index (χ2v) is 5.60. The maximum Gasteiger partial charge on any atom is 0.268 e. The molecule has 0 aliphatic carbocycles. The van der Waals surface area contributed by atoms with Gasteiger partial charge < -0.3 is 10.6 Å². The predicted molar refractivity (Wildman–Crippen MR) is 79.9 cm³/mol. The fraction of sp³-hybridized carbons (Fsp3) is 0.267. The molecule has 2 N–H and O–H groups in total. The first-order chi connectivity index (χ1) is 9.22. The largest absolute Gasteiger partial charge is 0.398 e. The molecular weight excluding hydrogens is 256 g/mol. The van der Waals surface area contributed by atoms with Crippen LogP contribution in [-0.4, -0.2) is 12.5 Å². The molecule has 1 aromatic carbocycles. The third-order valence-corrected chi connectivity index (χ3v) is 4.58. The van der Waals surface area contributed by atoms with Crippen molar-refractivity contribution in [3.8, 4) is 0 Å². The summed E-state index contributed by atoms with van der Waals surface area (Å²) in [5.41, 5.74) is 9.97. The molecule has 0 atom stereocenters. The van der Waals surface area contributed by atoms with Crippen LogP contribution in [0, 0.1) is 0 Å². The lowest BCUT2D eigenvalue weighted by molar-refractivity contribution is 0.0992. The summed E-state index contributed by atoms with van der Waals surface area (Å²) in [5, 5.41) is 1.99. The molecule has 0 saturated carbocycles. The summed E-state index contributed by atoms with van der Waals surface area (Å²) in [6.45, 7) is 2.80. The van der Waals surface area contributed by atoms with Crippen LogP contribution in [0.25, 0.3) is 0 Å². The lowest BCUT2D eigenvalue weighted by Gasteiger charge is -2.17. The minimum absolute atomic E-state index is 0.108. The number of hydrogen-bond donors (Lipinski definition) is 1. The van der Waals surface area contributed by atoms with E-state index in [0.717, 1.165) is 46.8 Å². The van der Waals surface area contributed by atoms with Crippen LogP contribution in [0.5, 0.6) is 0 Å². The second-order valence-electron chi connectivity index (χ2n) is 4.68. The molecule has 4 heteroatoms. The molecule has 0 radical (unpaired) electrons. The molecule has 3 nitrogen and oxygen atoms in total. The monoisotopic (exact) mass is 272 g/mol. The number of thiophene rings is 1. The van der Waals surface area contributed by atoms with Gasteiger partial charge in [-0.2, -0.15) is 0 Å².